The van der Waals surface area contributed by atoms with E-state index in [9.17, 15) is 9.30 Å². The van der Waals surface area contributed by atoms with Crippen LogP contribution in [0.4, 0.5) is 4.39 Å². The van der Waals surface area contributed by atoms with Crippen LogP contribution in [0.3, 0.4) is 0 Å². The highest BCUT2D eigenvalue weighted by molar-refractivity contribution is 6.32. The molecule has 22 heavy (non-hydrogen) atoms. The van der Waals surface area contributed by atoms with Crippen molar-refractivity contribution in [3.8, 4) is 11.5 Å². The van der Waals surface area contributed by atoms with E-state index in [1.54, 1.807) is 36.4 Å². The van der Waals surface area contributed by atoms with Gasteiger partial charge in [0.15, 0.2) is 11.6 Å². The van der Waals surface area contributed by atoms with E-state index in [-0.39, 0.29) is 17.3 Å². The lowest BCUT2D eigenvalue weighted by Crippen LogP contribution is -2.11. The van der Waals surface area contributed by atoms with Crippen molar-refractivity contribution in [1.29, 1.82) is 0 Å². The average Bonchev–Trinajstić information content (AvgIpc) is 2.52. The van der Waals surface area contributed by atoms with Crippen LogP contribution in [0.25, 0.3) is 0 Å². The predicted molar refractivity (Wildman–Crippen MR) is 84.6 cm³/mol. The van der Waals surface area contributed by atoms with Crippen molar-refractivity contribution in [3.63, 3.8) is 0 Å². The lowest BCUT2D eigenvalue weighted by molar-refractivity contribution is 0.434. The summed E-state index contributed by atoms with van der Waals surface area (Å²) in [5.41, 5.74) is 6.99. The summed E-state index contributed by atoms with van der Waals surface area (Å²) in [6.07, 6.45) is 0.603. The molecule has 0 heterocycles. The first-order valence-corrected chi connectivity index (χ1v) is 7.24. The van der Waals surface area contributed by atoms with Crippen molar-refractivity contribution in [2.45, 2.75) is 25.9 Å². The van der Waals surface area contributed by atoms with Crippen LogP contribution in [0.1, 0.15) is 30.5 Å². The zero-order valence-corrected chi connectivity index (χ0v) is 12.8. The van der Waals surface area contributed by atoms with Gasteiger partial charge in [0.25, 0.3) is 0 Å². The molecular weight excluding hydrogens is 307 g/mol. The standard InChI is InChI=1S/C16H16ClFN2O2/c1-2-14(19)12-7-8-13(17)16(15(12)18)22-11-5-3-10(4-6-11)9-20-21/h3-8,14H,2,9,19H2,1H3/t14-/m1/s1. The van der Waals surface area contributed by atoms with Gasteiger partial charge < -0.3 is 10.5 Å². The Labute approximate surface area is 133 Å². The van der Waals surface area contributed by atoms with Crippen molar-refractivity contribution in [3.05, 3.63) is 63.3 Å². The predicted octanol–water partition coefficient (Wildman–Crippen LogP) is 4.95. The Morgan fingerprint density at radius 2 is 1.95 bits per heavy atom. The largest absolute Gasteiger partial charge is 0.453 e. The Kier molecular flexibility index (Phi) is 5.46. The van der Waals surface area contributed by atoms with Gasteiger partial charge in [0.2, 0.25) is 0 Å². The number of rotatable bonds is 6. The van der Waals surface area contributed by atoms with Gasteiger partial charge in [-0.15, -0.1) is 0 Å². The maximum atomic E-state index is 14.5. The summed E-state index contributed by atoms with van der Waals surface area (Å²) < 4.78 is 20.0. The van der Waals surface area contributed by atoms with Crippen LogP contribution < -0.4 is 10.5 Å². The van der Waals surface area contributed by atoms with E-state index in [4.69, 9.17) is 22.1 Å². The minimum absolute atomic E-state index is 0.0515. The van der Waals surface area contributed by atoms with Gasteiger partial charge in [-0.2, -0.15) is 4.91 Å². The Hall–Kier alpha value is -1.98. The molecule has 2 rings (SSSR count). The summed E-state index contributed by atoms with van der Waals surface area (Å²) in [6.45, 7) is 1.95. The third-order valence-corrected chi connectivity index (χ3v) is 3.61. The molecule has 2 aromatic rings. The van der Waals surface area contributed by atoms with Crippen LogP contribution in [-0.2, 0) is 6.54 Å². The normalized spacial score (nSPS) is 12.0. The molecule has 0 amide bonds. The van der Waals surface area contributed by atoms with Gasteiger partial charge in [-0.25, -0.2) is 4.39 Å². The molecule has 2 aromatic carbocycles. The zero-order valence-electron chi connectivity index (χ0n) is 12.1. The van der Waals surface area contributed by atoms with Crippen LogP contribution in [0.15, 0.2) is 41.6 Å². The summed E-state index contributed by atoms with van der Waals surface area (Å²) >= 11 is 6.02. The molecule has 0 saturated carbocycles. The number of nitrogens with zero attached hydrogens (tertiary/aromatic N) is 1. The van der Waals surface area contributed by atoms with Gasteiger partial charge in [-0.3, -0.25) is 0 Å². The molecular formula is C16H16ClFN2O2. The molecule has 0 saturated heterocycles. The Bertz CT molecular complexity index is 662. The Morgan fingerprint density at radius 1 is 1.27 bits per heavy atom. The van der Waals surface area contributed by atoms with E-state index in [0.29, 0.717) is 17.7 Å². The number of nitrogens with two attached hydrogens (primary N) is 1. The van der Waals surface area contributed by atoms with E-state index in [2.05, 4.69) is 5.18 Å². The van der Waals surface area contributed by atoms with Crippen LogP contribution in [-0.4, -0.2) is 0 Å². The Morgan fingerprint density at radius 3 is 2.55 bits per heavy atom. The molecule has 4 nitrogen and oxygen atoms in total. The minimum atomic E-state index is -0.555. The molecule has 1 atom stereocenters. The van der Waals surface area contributed by atoms with E-state index in [1.807, 2.05) is 6.92 Å². The first-order valence-electron chi connectivity index (χ1n) is 6.86. The second-order valence-electron chi connectivity index (χ2n) is 4.83. The molecule has 2 N–H and O–H groups in total. The monoisotopic (exact) mass is 322 g/mol. The van der Waals surface area contributed by atoms with Crippen LogP contribution in [0.2, 0.25) is 5.02 Å². The smallest absolute Gasteiger partial charge is 0.181 e. The number of nitroso groups, excluding NO2 is 1. The van der Waals surface area contributed by atoms with Crippen molar-refractivity contribution in [2.24, 2.45) is 10.9 Å². The molecule has 116 valence electrons. The van der Waals surface area contributed by atoms with Crippen LogP contribution in [0.5, 0.6) is 11.5 Å². The summed E-state index contributed by atoms with van der Waals surface area (Å²) in [4.78, 5) is 10.2. The maximum Gasteiger partial charge on any atom is 0.181 e. The second kappa shape index (κ2) is 7.33. The van der Waals surface area contributed by atoms with Gasteiger partial charge in [0.1, 0.15) is 12.3 Å². The quantitative estimate of drug-likeness (QED) is 0.765. The van der Waals surface area contributed by atoms with Gasteiger partial charge in [-0.05, 0) is 30.2 Å². The van der Waals surface area contributed by atoms with Crippen molar-refractivity contribution in [2.75, 3.05) is 0 Å². The molecule has 0 radical (unpaired) electrons. The third-order valence-electron chi connectivity index (χ3n) is 3.31. The minimum Gasteiger partial charge on any atom is -0.453 e. The van der Waals surface area contributed by atoms with E-state index in [1.165, 1.54) is 0 Å². The van der Waals surface area contributed by atoms with Crippen molar-refractivity contribution < 1.29 is 9.13 Å². The first kappa shape index (κ1) is 16.4. The lowest BCUT2D eigenvalue weighted by Gasteiger charge is -2.15. The van der Waals surface area contributed by atoms with Gasteiger partial charge in [-0.1, -0.05) is 41.9 Å². The van der Waals surface area contributed by atoms with Crippen LogP contribution >= 0.6 is 11.6 Å². The number of hydrogen-bond donors (Lipinski definition) is 1. The number of halogens is 2. The molecule has 0 bridgehead atoms. The molecule has 0 aliphatic carbocycles. The van der Waals surface area contributed by atoms with Gasteiger partial charge >= 0.3 is 0 Å². The molecule has 0 aliphatic heterocycles. The van der Waals surface area contributed by atoms with Gasteiger partial charge in [0.05, 0.1) is 5.02 Å². The topological polar surface area (TPSA) is 64.7 Å². The summed E-state index contributed by atoms with van der Waals surface area (Å²) in [5.74, 6) is -0.192. The molecule has 0 aliphatic rings. The molecule has 6 heteroatoms. The maximum absolute atomic E-state index is 14.5. The summed E-state index contributed by atoms with van der Waals surface area (Å²) in [5, 5.41) is 2.97. The fraction of sp³-hybridized carbons (Fsp3) is 0.250. The highest BCUT2D eigenvalue weighted by atomic mass is 35.5. The highest BCUT2D eigenvalue weighted by Gasteiger charge is 2.18. The van der Waals surface area contributed by atoms with E-state index < -0.39 is 11.9 Å². The SMILES string of the molecule is CC[C@@H](N)c1ccc(Cl)c(Oc2ccc(CN=O)cc2)c1F. The molecule has 0 fully saturated rings. The lowest BCUT2D eigenvalue weighted by atomic mass is 10.0. The zero-order chi connectivity index (χ0) is 16.1. The van der Waals surface area contributed by atoms with Crippen molar-refractivity contribution in [1.82, 2.24) is 0 Å². The summed E-state index contributed by atoms with van der Waals surface area (Å²) in [7, 11) is 0. The fourth-order valence-electron chi connectivity index (χ4n) is 2.00. The number of benzene rings is 2. The Balaban J connectivity index is 2.30. The second-order valence-corrected chi connectivity index (χ2v) is 5.23. The van der Waals surface area contributed by atoms with E-state index in [0.717, 1.165) is 5.56 Å². The summed E-state index contributed by atoms with van der Waals surface area (Å²) in [6, 6.07) is 9.34. The highest BCUT2D eigenvalue weighted by Crippen LogP contribution is 2.36. The molecule has 0 aromatic heterocycles. The molecule has 0 unspecified atom stereocenters. The average molecular weight is 323 g/mol. The van der Waals surface area contributed by atoms with Crippen molar-refractivity contribution >= 4 is 11.6 Å². The fourth-order valence-corrected chi connectivity index (χ4v) is 2.19. The van der Waals surface area contributed by atoms with E-state index >= 15 is 0 Å². The van der Waals surface area contributed by atoms with Gasteiger partial charge in [0, 0.05) is 11.6 Å². The number of hydrogen-bond acceptors (Lipinski definition) is 4. The first-order chi connectivity index (χ1) is 10.6. The molecule has 0 spiro atoms. The van der Waals surface area contributed by atoms with Crippen LogP contribution in [0, 0.1) is 10.7 Å². The third kappa shape index (κ3) is 3.61. The number of ether oxygens (including phenoxy) is 1.